The number of carboxylic acid groups (broad SMARTS) is 1. The fraction of sp³-hybridized carbons (Fsp3) is 0.650. The molecule has 33 heavy (non-hydrogen) atoms. The van der Waals surface area contributed by atoms with E-state index in [9.17, 15) is 24.3 Å². The van der Waals surface area contributed by atoms with Gasteiger partial charge in [-0.25, -0.2) is 9.78 Å². The van der Waals surface area contributed by atoms with Gasteiger partial charge in [-0.3, -0.25) is 14.4 Å². The Balaban J connectivity index is 3.01. The number of nitrogens with two attached hydrogens (primary N) is 2. The maximum Gasteiger partial charge on any atom is 0.327 e. The number of nitrogens with zero attached hydrogens (tertiary/aromatic N) is 1. The van der Waals surface area contributed by atoms with Crippen molar-refractivity contribution in [2.45, 2.75) is 63.7 Å². The molecule has 4 atom stereocenters. The number of aromatic nitrogens is 2. The Morgan fingerprint density at radius 3 is 2.18 bits per heavy atom. The zero-order chi connectivity index (χ0) is 25.0. The van der Waals surface area contributed by atoms with E-state index in [0.717, 1.165) is 0 Å². The van der Waals surface area contributed by atoms with E-state index in [2.05, 4.69) is 38.5 Å². The van der Waals surface area contributed by atoms with Gasteiger partial charge in [0, 0.05) is 24.1 Å². The number of hydrogen-bond donors (Lipinski definition) is 8. The molecule has 0 aliphatic rings. The van der Waals surface area contributed by atoms with Gasteiger partial charge < -0.3 is 37.5 Å². The predicted molar refractivity (Wildman–Crippen MR) is 125 cm³/mol. The Morgan fingerprint density at radius 2 is 1.67 bits per heavy atom. The van der Waals surface area contributed by atoms with Gasteiger partial charge in [-0.2, -0.15) is 12.6 Å². The summed E-state index contributed by atoms with van der Waals surface area (Å²) in [6.07, 6.45) is 4.44. The first kappa shape index (κ1) is 28.4. The highest BCUT2D eigenvalue weighted by molar-refractivity contribution is 7.80. The van der Waals surface area contributed by atoms with Crippen LogP contribution in [0.3, 0.4) is 0 Å². The topological polar surface area (TPSA) is 205 Å². The molecule has 12 nitrogen and oxygen atoms in total. The minimum atomic E-state index is -1.24. The molecule has 186 valence electrons. The molecule has 0 radical (unpaired) electrons. The third kappa shape index (κ3) is 9.80. The third-order valence-electron chi connectivity index (χ3n) is 5.01. The third-order valence-corrected chi connectivity index (χ3v) is 5.38. The number of aromatic amines is 1. The number of thiol groups is 1. The van der Waals surface area contributed by atoms with Crippen molar-refractivity contribution in [3.05, 3.63) is 18.2 Å². The molecule has 4 unspecified atom stereocenters. The van der Waals surface area contributed by atoms with Crippen LogP contribution in [-0.2, 0) is 25.6 Å². The van der Waals surface area contributed by atoms with Gasteiger partial charge in [0.25, 0.3) is 0 Å². The van der Waals surface area contributed by atoms with E-state index in [-0.39, 0.29) is 24.5 Å². The molecule has 3 amide bonds. The van der Waals surface area contributed by atoms with E-state index in [0.29, 0.717) is 25.1 Å². The number of carbonyl (C=O) groups excluding carboxylic acids is 3. The van der Waals surface area contributed by atoms with E-state index >= 15 is 0 Å². The molecular weight excluding hydrogens is 450 g/mol. The van der Waals surface area contributed by atoms with Crippen LogP contribution in [0.2, 0.25) is 0 Å². The van der Waals surface area contributed by atoms with E-state index in [1.54, 1.807) is 13.8 Å². The number of aliphatic carboxylic acids is 1. The minimum absolute atomic E-state index is 0.0912. The Labute approximate surface area is 198 Å². The van der Waals surface area contributed by atoms with Crippen molar-refractivity contribution in [2.24, 2.45) is 17.4 Å². The SMILES string of the molecule is CC(C)C(N)C(=O)NC(Cc1cnc[nH]1)C(=O)NC(CCCCN)C(=O)NC(CS)C(=O)O. The molecule has 0 spiro atoms. The molecule has 1 aromatic heterocycles. The molecule has 0 aliphatic heterocycles. The van der Waals surface area contributed by atoms with Gasteiger partial charge in [0.2, 0.25) is 17.7 Å². The number of amides is 3. The lowest BCUT2D eigenvalue weighted by Crippen LogP contribution is -2.58. The van der Waals surface area contributed by atoms with Gasteiger partial charge in [0.15, 0.2) is 0 Å². The van der Waals surface area contributed by atoms with Crippen molar-refractivity contribution >= 4 is 36.3 Å². The van der Waals surface area contributed by atoms with Crippen molar-refractivity contribution < 1.29 is 24.3 Å². The smallest absolute Gasteiger partial charge is 0.327 e. The summed E-state index contributed by atoms with van der Waals surface area (Å²) in [6.45, 7) is 3.97. The second-order valence-electron chi connectivity index (χ2n) is 8.04. The average Bonchev–Trinajstić information content (AvgIpc) is 3.28. The van der Waals surface area contributed by atoms with E-state index in [4.69, 9.17) is 11.5 Å². The van der Waals surface area contributed by atoms with Gasteiger partial charge in [-0.15, -0.1) is 0 Å². The van der Waals surface area contributed by atoms with Crippen LogP contribution in [0.1, 0.15) is 38.8 Å². The highest BCUT2D eigenvalue weighted by atomic mass is 32.1. The van der Waals surface area contributed by atoms with Crippen LogP contribution in [0.5, 0.6) is 0 Å². The molecule has 1 aromatic rings. The normalized spacial score (nSPS) is 14.7. The molecule has 1 heterocycles. The van der Waals surface area contributed by atoms with Gasteiger partial charge in [-0.1, -0.05) is 13.8 Å². The molecule has 1 rings (SSSR count). The van der Waals surface area contributed by atoms with Gasteiger partial charge in [0.05, 0.1) is 12.4 Å². The summed E-state index contributed by atoms with van der Waals surface area (Å²) in [7, 11) is 0. The molecule has 13 heteroatoms. The monoisotopic (exact) mass is 485 g/mol. The highest BCUT2D eigenvalue weighted by Gasteiger charge is 2.30. The Bertz CT molecular complexity index is 775. The molecule has 0 saturated carbocycles. The number of carboxylic acids is 1. The highest BCUT2D eigenvalue weighted by Crippen LogP contribution is 2.06. The van der Waals surface area contributed by atoms with Crippen molar-refractivity contribution in [3.8, 4) is 0 Å². The number of carbonyl (C=O) groups is 4. The summed E-state index contributed by atoms with van der Waals surface area (Å²) in [4.78, 5) is 56.4. The molecule has 0 bridgehead atoms. The van der Waals surface area contributed by atoms with Gasteiger partial charge in [0.1, 0.15) is 18.1 Å². The van der Waals surface area contributed by atoms with Gasteiger partial charge >= 0.3 is 5.97 Å². The maximum atomic E-state index is 13.1. The maximum absolute atomic E-state index is 13.1. The number of nitrogens with one attached hydrogen (secondary N) is 4. The number of imidazole rings is 1. The number of rotatable bonds is 15. The van der Waals surface area contributed by atoms with Crippen molar-refractivity contribution in [1.82, 2.24) is 25.9 Å². The Hall–Kier alpha value is -2.64. The number of hydrogen-bond acceptors (Lipinski definition) is 8. The molecular formula is C20H35N7O5S. The minimum Gasteiger partial charge on any atom is -0.480 e. The first-order valence-corrected chi connectivity index (χ1v) is 11.4. The standard InChI is InChI=1S/C20H35N7O5S/c1-11(2)16(22)19(30)26-14(7-12-8-23-10-24-12)18(29)25-13(5-3-4-6-21)17(28)27-15(9-33)20(31)32/h8,10-11,13-16,33H,3-7,9,21-22H2,1-2H3,(H,23,24)(H,25,29)(H,26,30)(H,27,28)(H,31,32). The van der Waals surface area contributed by atoms with Crippen LogP contribution in [0.4, 0.5) is 0 Å². The fourth-order valence-corrected chi connectivity index (χ4v) is 3.14. The number of unbranched alkanes of at least 4 members (excludes halogenated alkanes) is 1. The van der Waals surface area contributed by atoms with Crippen molar-refractivity contribution in [2.75, 3.05) is 12.3 Å². The summed E-state index contributed by atoms with van der Waals surface area (Å²) in [6, 6.07) is -4.09. The van der Waals surface area contributed by atoms with Crippen molar-refractivity contribution in [1.29, 1.82) is 0 Å². The lowest BCUT2D eigenvalue weighted by Gasteiger charge is -2.25. The lowest BCUT2D eigenvalue weighted by molar-refractivity contribution is -0.141. The zero-order valence-corrected chi connectivity index (χ0v) is 19.8. The zero-order valence-electron chi connectivity index (χ0n) is 18.9. The molecule has 0 saturated heterocycles. The Kier molecular flexibility index (Phi) is 12.5. The summed E-state index contributed by atoms with van der Waals surface area (Å²) in [5, 5.41) is 16.8. The van der Waals surface area contributed by atoms with Crippen LogP contribution in [0.15, 0.2) is 12.5 Å². The largest absolute Gasteiger partial charge is 0.480 e. The molecule has 0 aliphatic carbocycles. The number of H-pyrrole nitrogens is 1. The van der Waals surface area contributed by atoms with E-state index in [1.165, 1.54) is 12.5 Å². The average molecular weight is 486 g/mol. The summed E-state index contributed by atoms with van der Waals surface area (Å²) < 4.78 is 0. The molecule has 9 N–H and O–H groups in total. The van der Waals surface area contributed by atoms with Crippen LogP contribution < -0.4 is 27.4 Å². The lowest BCUT2D eigenvalue weighted by atomic mass is 10.0. The molecule has 0 fully saturated rings. The quantitative estimate of drug-likeness (QED) is 0.108. The summed E-state index contributed by atoms with van der Waals surface area (Å²) >= 11 is 3.94. The fourth-order valence-electron chi connectivity index (χ4n) is 2.89. The van der Waals surface area contributed by atoms with Crippen LogP contribution in [0, 0.1) is 5.92 Å². The molecule has 0 aromatic carbocycles. The van der Waals surface area contributed by atoms with E-state index < -0.39 is 47.9 Å². The van der Waals surface area contributed by atoms with Crippen LogP contribution in [0.25, 0.3) is 0 Å². The van der Waals surface area contributed by atoms with E-state index in [1.807, 2.05) is 0 Å². The van der Waals surface area contributed by atoms with Crippen LogP contribution in [-0.4, -0.2) is 75.2 Å². The first-order valence-electron chi connectivity index (χ1n) is 10.8. The second-order valence-corrected chi connectivity index (χ2v) is 8.40. The second kappa shape index (κ2) is 14.5. The van der Waals surface area contributed by atoms with Gasteiger partial charge in [-0.05, 0) is 31.7 Å². The van der Waals surface area contributed by atoms with Crippen molar-refractivity contribution in [3.63, 3.8) is 0 Å². The Morgan fingerprint density at radius 1 is 1.06 bits per heavy atom. The summed E-state index contributed by atoms with van der Waals surface area (Å²) in [5.41, 5.74) is 12.0. The predicted octanol–water partition coefficient (Wildman–Crippen LogP) is -1.47. The first-order chi connectivity index (χ1) is 15.6. The van der Waals surface area contributed by atoms with Crippen LogP contribution >= 0.6 is 12.6 Å². The summed E-state index contributed by atoms with van der Waals surface area (Å²) in [5.74, 6) is -3.28.